The fraction of sp³-hybridized carbons (Fsp3) is 0.562. The lowest BCUT2D eigenvalue weighted by molar-refractivity contribution is 0.358. The van der Waals surface area contributed by atoms with Crippen molar-refractivity contribution in [3.8, 4) is 0 Å². The number of halogens is 2. The number of aryl methyl sites for hydroxylation is 1. The third-order valence-electron chi connectivity index (χ3n) is 4.37. The summed E-state index contributed by atoms with van der Waals surface area (Å²) in [6, 6.07) is 6.56. The number of nitrogens with zero attached hydrogens (tertiary/aromatic N) is 2. The maximum Gasteiger partial charge on any atom is 0.111 e. The Morgan fingerprint density at radius 1 is 1.40 bits per heavy atom. The number of para-hydroxylation sites is 1. The Balaban J connectivity index is 2.12. The van der Waals surface area contributed by atoms with Crippen LogP contribution in [0.25, 0.3) is 11.0 Å². The minimum Gasteiger partial charge on any atom is -0.325 e. The van der Waals surface area contributed by atoms with Gasteiger partial charge in [0, 0.05) is 18.3 Å². The second-order valence-electron chi connectivity index (χ2n) is 6.51. The van der Waals surface area contributed by atoms with E-state index >= 15 is 0 Å². The van der Waals surface area contributed by atoms with Gasteiger partial charge >= 0.3 is 0 Å². The summed E-state index contributed by atoms with van der Waals surface area (Å²) in [5.41, 5.74) is 2.48. The van der Waals surface area contributed by atoms with Crippen LogP contribution in [0.3, 0.4) is 0 Å². The van der Waals surface area contributed by atoms with Crippen LogP contribution in [-0.2, 0) is 6.42 Å². The van der Waals surface area contributed by atoms with Gasteiger partial charge in [-0.15, -0.1) is 11.6 Å². The molecule has 0 bridgehead atoms. The zero-order valence-corrected chi connectivity index (χ0v) is 13.5. The van der Waals surface area contributed by atoms with Crippen molar-refractivity contribution >= 4 is 34.2 Å². The number of rotatable bonds is 3. The molecule has 1 atom stereocenters. The van der Waals surface area contributed by atoms with Crippen molar-refractivity contribution in [1.29, 1.82) is 0 Å². The Labute approximate surface area is 130 Å². The Kier molecular flexibility index (Phi) is 3.72. The normalized spacial score (nSPS) is 21.7. The highest BCUT2D eigenvalue weighted by Crippen LogP contribution is 2.45. The summed E-state index contributed by atoms with van der Waals surface area (Å²) in [7, 11) is 0. The SMILES string of the molecule is CC1(C)CCC(n2c(CCCl)nc3c(Cl)cccc32)C1. The highest BCUT2D eigenvalue weighted by molar-refractivity contribution is 6.34. The molecule has 3 rings (SSSR count). The molecule has 1 saturated carbocycles. The number of benzene rings is 1. The van der Waals surface area contributed by atoms with Crippen molar-refractivity contribution < 1.29 is 0 Å². The topological polar surface area (TPSA) is 17.8 Å². The maximum absolute atomic E-state index is 6.30. The summed E-state index contributed by atoms with van der Waals surface area (Å²) in [5.74, 6) is 1.67. The monoisotopic (exact) mass is 310 g/mol. The van der Waals surface area contributed by atoms with E-state index in [9.17, 15) is 0 Å². The summed E-state index contributed by atoms with van der Waals surface area (Å²) < 4.78 is 2.39. The molecule has 1 aromatic heterocycles. The fourth-order valence-electron chi connectivity index (χ4n) is 3.42. The van der Waals surface area contributed by atoms with Gasteiger partial charge in [-0.2, -0.15) is 0 Å². The van der Waals surface area contributed by atoms with E-state index in [0.29, 0.717) is 17.3 Å². The number of hydrogen-bond donors (Lipinski definition) is 0. The average Bonchev–Trinajstić information content (AvgIpc) is 2.91. The zero-order valence-electron chi connectivity index (χ0n) is 12.0. The van der Waals surface area contributed by atoms with E-state index in [1.54, 1.807) is 0 Å². The number of imidazole rings is 1. The van der Waals surface area contributed by atoms with Gasteiger partial charge in [0.15, 0.2) is 0 Å². The van der Waals surface area contributed by atoms with Gasteiger partial charge in [-0.1, -0.05) is 31.5 Å². The van der Waals surface area contributed by atoms with Crippen molar-refractivity contribution in [3.63, 3.8) is 0 Å². The molecule has 1 heterocycles. The van der Waals surface area contributed by atoms with Crippen molar-refractivity contribution in [2.75, 3.05) is 5.88 Å². The van der Waals surface area contributed by atoms with E-state index < -0.39 is 0 Å². The minimum atomic E-state index is 0.415. The Morgan fingerprint density at radius 2 is 2.20 bits per heavy atom. The predicted octanol–water partition coefficient (Wildman–Crippen LogP) is 5.22. The highest BCUT2D eigenvalue weighted by atomic mass is 35.5. The molecule has 0 N–H and O–H groups in total. The Hall–Kier alpha value is -0.730. The van der Waals surface area contributed by atoms with Crippen molar-refractivity contribution in [2.45, 2.75) is 45.6 Å². The lowest BCUT2D eigenvalue weighted by Crippen LogP contribution is -2.12. The molecule has 0 saturated heterocycles. The second-order valence-corrected chi connectivity index (χ2v) is 7.29. The van der Waals surface area contributed by atoms with Crippen LogP contribution in [0.1, 0.15) is 45.0 Å². The lowest BCUT2D eigenvalue weighted by atomic mass is 9.92. The summed E-state index contributed by atoms with van der Waals surface area (Å²) >= 11 is 12.2. The smallest absolute Gasteiger partial charge is 0.111 e. The molecular formula is C16H20Cl2N2. The third kappa shape index (κ3) is 2.44. The number of hydrogen-bond acceptors (Lipinski definition) is 1. The first-order chi connectivity index (χ1) is 9.52. The van der Waals surface area contributed by atoms with Gasteiger partial charge in [0.2, 0.25) is 0 Å². The Bertz CT molecular complexity index is 631. The molecule has 1 aliphatic rings. The van der Waals surface area contributed by atoms with Crippen LogP contribution < -0.4 is 0 Å². The summed E-state index contributed by atoms with van der Waals surface area (Å²) in [5, 5.41) is 0.731. The summed E-state index contributed by atoms with van der Waals surface area (Å²) in [6.07, 6.45) is 4.46. The second kappa shape index (κ2) is 5.23. The van der Waals surface area contributed by atoms with Crippen molar-refractivity contribution in [2.24, 2.45) is 5.41 Å². The van der Waals surface area contributed by atoms with E-state index in [2.05, 4.69) is 24.5 Å². The van der Waals surface area contributed by atoms with Crippen molar-refractivity contribution in [1.82, 2.24) is 9.55 Å². The van der Waals surface area contributed by atoms with Crippen LogP contribution in [0.4, 0.5) is 0 Å². The molecular weight excluding hydrogens is 291 g/mol. The molecule has 0 aliphatic heterocycles. The van der Waals surface area contributed by atoms with Crippen LogP contribution >= 0.6 is 23.2 Å². The third-order valence-corrected chi connectivity index (χ3v) is 4.86. The summed E-state index contributed by atoms with van der Waals surface area (Å²) in [4.78, 5) is 4.74. The average molecular weight is 311 g/mol. The largest absolute Gasteiger partial charge is 0.325 e. The van der Waals surface area contributed by atoms with E-state index in [1.165, 1.54) is 19.3 Å². The molecule has 1 unspecified atom stereocenters. The first-order valence-corrected chi connectivity index (χ1v) is 8.14. The van der Waals surface area contributed by atoms with Gasteiger partial charge in [0.05, 0.1) is 10.5 Å². The fourth-order valence-corrected chi connectivity index (χ4v) is 3.80. The minimum absolute atomic E-state index is 0.415. The van der Waals surface area contributed by atoms with Crippen LogP contribution in [-0.4, -0.2) is 15.4 Å². The maximum atomic E-state index is 6.30. The van der Waals surface area contributed by atoms with Gasteiger partial charge in [-0.3, -0.25) is 0 Å². The molecule has 0 amide bonds. The molecule has 108 valence electrons. The van der Waals surface area contributed by atoms with E-state index in [1.807, 2.05) is 12.1 Å². The number of aromatic nitrogens is 2. The quantitative estimate of drug-likeness (QED) is 0.710. The van der Waals surface area contributed by atoms with Crippen LogP contribution in [0, 0.1) is 5.41 Å². The standard InChI is InChI=1S/C16H20Cl2N2/c1-16(2)8-6-11(10-16)20-13-5-3-4-12(18)15(13)19-14(20)7-9-17/h3-5,11H,6-10H2,1-2H3. The molecule has 20 heavy (non-hydrogen) atoms. The Morgan fingerprint density at radius 3 is 2.85 bits per heavy atom. The van der Waals surface area contributed by atoms with Gasteiger partial charge in [-0.25, -0.2) is 4.98 Å². The van der Waals surface area contributed by atoms with Crippen LogP contribution in [0.2, 0.25) is 5.02 Å². The lowest BCUT2D eigenvalue weighted by Gasteiger charge is -2.20. The first kappa shape index (κ1) is 14.2. The molecule has 4 heteroatoms. The van der Waals surface area contributed by atoms with Crippen molar-refractivity contribution in [3.05, 3.63) is 29.0 Å². The van der Waals surface area contributed by atoms with Crippen LogP contribution in [0.15, 0.2) is 18.2 Å². The van der Waals surface area contributed by atoms with E-state index in [0.717, 1.165) is 28.3 Å². The molecule has 0 spiro atoms. The van der Waals surface area contributed by atoms with E-state index in [4.69, 9.17) is 28.2 Å². The van der Waals surface area contributed by atoms with Gasteiger partial charge in [0.25, 0.3) is 0 Å². The molecule has 2 aromatic rings. The zero-order chi connectivity index (χ0) is 14.3. The van der Waals surface area contributed by atoms with E-state index in [-0.39, 0.29) is 0 Å². The molecule has 1 aromatic carbocycles. The van der Waals surface area contributed by atoms with Gasteiger partial charge in [-0.05, 0) is 36.8 Å². The molecule has 1 fully saturated rings. The summed E-state index contributed by atoms with van der Waals surface area (Å²) in [6.45, 7) is 4.70. The van der Waals surface area contributed by atoms with Crippen LogP contribution in [0.5, 0.6) is 0 Å². The molecule has 0 radical (unpaired) electrons. The van der Waals surface area contributed by atoms with Gasteiger partial charge < -0.3 is 4.57 Å². The predicted molar refractivity (Wildman–Crippen MR) is 85.8 cm³/mol. The first-order valence-electron chi connectivity index (χ1n) is 7.23. The number of alkyl halides is 1. The molecule has 2 nitrogen and oxygen atoms in total. The number of fused-ring (bicyclic) bond motifs is 1. The molecule has 1 aliphatic carbocycles. The van der Waals surface area contributed by atoms with Gasteiger partial charge in [0.1, 0.15) is 11.3 Å². The highest BCUT2D eigenvalue weighted by Gasteiger charge is 2.33.